The number of rotatable bonds is 4. The minimum atomic E-state index is -0.188. The maximum absolute atomic E-state index is 11.3. The van der Waals surface area contributed by atoms with Crippen LogP contribution in [-0.2, 0) is 9.59 Å². The standard InChI is InChI=1S/C8H10ClN3O2S/c1-5(13)15-3-2-7(14)11-6-4-10-12-8(6)9/h4H,2-3H2,1H3,(H,10,12)(H,11,14). The molecule has 0 aliphatic carbocycles. The molecule has 82 valence electrons. The quantitative estimate of drug-likeness (QED) is 0.849. The molecule has 0 aromatic carbocycles. The number of hydrogen-bond acceptors (Lipinski definition) is 4. The highest BCUT2D eigenvalue weighted by Crippen LogP contribution is 2.17. The number of amides is 1. The third-order valence-electron chi connectivity index (χ3n) is 1.50. The second kappa shape index (κ2) is 5.77. The molecular weight excluding hydrogens is 238 g/mol. The van der Waals surface area contributed by atoms with Crippen molar-refractivity contribution in [3.8, 4) is 0 Å². The summed E-state index contributed by atoms with van der Waals surface area (Å²) in [5.41, 5.74) is 0.453. The van der Waals surface area contributed by atoms with Crippen molar-refractivity contribution in [1.82, 2.24) is 10.2 Å². The second-order valence-corrected chi connectivity index (χ2v) is 4.36. The Morgan fingerprint density at radius 1 is 1.67 bits per heavy atom. The molecule has 0 spiro atoms. The average Bonchev–Trinajstić information content (AvgIpc) is 2.51. The molecule has 1 aromatic rings. The largest absolute Gasteiger partial charge is 0.322 e. The van der Waals surface area contributed by atoms with Crippen LogP contribution in [0.1, 0.15) is 13.3 Å². The first-order valence-electron chi connectivity index (χ1n) is 4.22. The number of anilines is 1. The molecule has 0 unspecified atom stereocenters. The lowest BCUT2D eigenvalue weighted by atomic mass is 10.4. The Hall–Kier alpha value is -1.01. The number of aromatic nitrogens is 2. The number of nitrogens with zero attached hydrogens (tertiary/aromatic N) is 1. The Kier molecular flexibility index (Phi) is 4.64. The summed E-state index contributed by atoms with van der Waals surface area (Å²) >= 11 is 6.77. The van der Waals surface area contributed by atoms with Crippen LogP contribution in [0.15, 0.2) is 6.20 Å². The van der Waals surface area contributed by atoms with Crippen LogP contribution in [-0.4, -0.2) is 27.0 Å². The Labute approximate surface area is 96.0 Å². The zero-order valence-corrected chi connectivity index (χ0v) is 9.61. The minimum absolute atomic E-state index is 0.00384. The summed E-state index contributed by atoms with van der Waals surface area (Å²) < 4.78 is 0. The molecule has 0 radical (unpaired) electrons. The lowest BCUT2D eigenvalue weighted by molar-refractivity contribution is -0.115. The number of carbonyl (C=O) groups excluding carboxylic acids is 2. The minimum Gasteiger partial charge on any atom is -0.322 e. The summed E-state index contributed by atoms with van der Waals surface area (Å²) in [5, 5.41) is 8.97. The van der Waals surface area contributed by atoms with Gasteiger partial charge in [0.2, 0.25) is 5.91 Å². The van der Waals surface area contributed by atoms with Crippen molar-refractivity contribution in [2.45, 2.75) is 13.3 Å². The van der Waals surface area contributed by atoms with Gasteiger partial charge in [-0.05, 0) is 0 Å². The number of carbonyl (C=O) groups is 2. The van der Waals surface area contributed by atoms with Gasteiger partial charge in [0.05, 0.1) is 5.69 Å². The van der Waals surface area contributed by atoms with Gasteiger partial charge in [-0.25, -0.2) is 0 Å². The van der Waals surface area contributed by atoms with Gasteiger partial charge in [-0.2, -0.15) is 5.10 Å². The molecule has 1 heterocycles. The summed E-state index contributed by atoms with van der Waals surface area (Å²) in [6.45, 7) is 1.47. The van der Waals surface area contributed by atoms with Gasteiger partial charge in [0, 0.05) is 25.3 Å². The molecule has 2 N–H and O–H groups in total. The number of nitrogens with one attached hydrogen (secondary N) is 2. The molecule has 15 heavy (non-hydrogen) atoms. The maximum atomic E-state index is 11.3. The molecule has 1 rings (SSSR count). The number of aromatic amines is 1. The Bertz CT molecular complexity index is 367. The maximum Gasteiger partial charge on any atom is 0.225 e. The predicted molar refractivity (Wildman–Crippen MR) is 60.0 cm³/mol. The fraction of sp³-hybridized carbons (Fsp3) is 0.375. The first-order chi connectivity index (χ1) is 7.09. The number of halogens is 1. The van der Waals surface area contributed by atoms with Gasteiger partial charge < -0.3 is 5.32 Å². The van der Waals surface area contributed by atoms with E-state index < -0.39 is 0 Å². The van der Waals surface area contributed by atoms with Crippen LogP contribution in [0.4, 0.5) is 5.69 Å². The molecular formula is C8H10ClN3O2S. The van der Waals surface area contributed by atoms with Crippen molar-refractivity contribution in [3.05, 3.63) is 11.3 Å². The van der Waals surface area contributed by atoms with Gasteiger partial charge in [-0.3, -0.25) is 14.7 Å². The van der Waals surface area contributed by atoms with Gasteiger partial charge in [0.15, 0.2) is 10.3 Å². The molecule has 0 bridgehead atoms. The Balaban J connectivity index is 2.31. The van der Waals surface area contributed by atoms with E-state index in [-0.39, 0.29) is 22.6 Å². The van der Waals surface area contributed by atoms with Crippen LogP contribution in [0.5, 0.6) is 0 Å². The normalized spacial score (nSPS) is 10.0. The molecule has 0 atom stereocenters. The predicted octanol–water partition coefficient (Wildman–Crippen LogP) is 1.67. The van der Waals surface area contributed by atoms with E-state index in [2.05, 4.69) is 15.5 Å². The molecule has 0 saturated heterocycles. The van der Waals surface area contributed by atoms with Gasteiger partial charge in [0.1, 0.15) is 0 Å². The highest BCUT2D eigenvalue weighted by Gasteiger charge is 2.07. The average molecular weight is 248 g/mol. The number of hydrogen-bond donors (Lipinski definition) is 2. The monoisotopic (exact) mass is 247 g/mol. The lowest BCUT2D eigenvalue weighted by Crippen LogP contribution is -2.12. The molecule has 0 aliphatic rings. The highest BCUT2D eigenvalue weighted by atomic mass is 35.5. The van der Waals surface area contributed by atoms with Crippen molar-refractivity contribution < 1.29 is 9.59 Å². The van der Waals surface area contributed by atoms with Crippen molar-refractivity contribution in [2.24, 2.45) is 0 Å². The Morgan fingerprint density at radius 3 is 2.93 bits per heavy atom. The highest BCUT2D eigenvalue weighted by molar-refractivity contribution is 8.13. The van der Waals surface area contributed by atoms with Crippen molar-refractivity contribution in [1.29, 1.82) is 0 Å². The molecule has 5 nitrogen and oxygen atoms in total. The molecule has 1 aromatic heterocycles. The van der Waals surface area contributed by atoms with Crippen LogP contribution < -0.4 is 5.32 Å². The summed E-state index contributed by atoms with van der Waals surface area (Å²) in [6.07, 6.45) is 1.77. The van der Waals surface area contributed by atoms with Crippen LogP contribution in [0, 0.1) is 0 Å². The summed E-state index contributed by atoms with van der Waals surface area (Å²) in [5.74, 6) is 0.281. The second-order valence-electron chi connectivity index (χ2n) is 2.73. The summed E-state index contributed by atoms with van der Waals surface area (Å²) in [7, 11) is 0. The smallest absolute Gasteiger partial charge is 0.225 e. The van der Waals surface area contributed by atoms with Crippen molar-refractivity contribution >= 4 is 40.1 Å². The van der Waals surface area contributed by atoms with E-state index >= 15 is 0 Å². The zero-order chi connectivity index (χ0) is 11.3. The van der Waals surface area contributed by atoms with Crippen molar-refractivity contribution in [3.63, 3.8) is 0 Å². The van der Waals surface area contributed by atoms with E-state index in [4.69, 9.17) is 11.6 Å². The SMILES string of the molecule is CC(=O)SCCC(=O)Nc1c[nH]nc1Cl. The first kappa shape index (κ1) is 12.1. The number of thioether (sulfide) groups is 1. The fourth-order valence-electron chi connectivity index (χ4n) is 0.861. The topological polar surface area (TPSA) is 74.8 Å². The Morgan fingerprint density at radius 2 is 2.40 bits per heavy atom. The fourth-order valence-corrected chi connectivity index (χ4v) is 1.59. The van der Waals surface area contributed by atoms with E-state index in [9.17, 15) is 9.59 Å². The summed E-state index contributed by atoms with van der Waals surface area (Å²) in [6, 6.07) is 0. The van der Waals surface area contributed by atoms with Crippen LogP contribution in [0.25, 0.3) is 0 Å². The van der Waals surface area contributed by atoms with Gasteiger partial charge in [-0.1, -0.05) is 23.4 Å². The van der Waals surface area contributed by atoms with Crippen LogP contribution in [0.2, 0.25) is 5.15 Å². The van der Waals surface area contributed by atoms with E-state index in [1.54, 1.807) is 0 Å². The van der Waals surface area contributed by atoms with E-state index in [1.807, 2.05) is 0 Å². The van der Waals surface area contributed by atoms with Gasteiger partial charge in [0.25, 0.3) is 0 Å². The molecule has 0 fully saturated rings. The summed E-state index contributed by atoms with van der Waals surface area (Å²) in [4.78, 5) is 21.9. The van der Waals surface area contributed by atoms with Crippen LogP contribution >= 0.6 is 23.4 Å². The molecule has 0 saturated carbocycles. The van der Waals surface area contributed by atoms with Crippen LogP contribution in [0.3, 0.4) is 0 Å². The molecule has 7 heteroatoms. The molecule has 0 aliphatic heterocycles. The lowest BCUT2D eigenvalue weighted by Gasteiger charge is -2.01. The zero-order valence-electron chi connectivity index (χ0n) is 8.04. The first-order valence-corrected chi connectivity index (χ1v) is 5.58. The van der Waals surface area contributed by atoms with Gasteiger partial charge >= 0.3 is 0 Å². The van der Waals surface area contributed by atoms with Crippen molar-refractivity contribution in [2.75, 3.05) is 11.1 Å². The third kappa shape index (κ3) is 4.35. The van der Waals surface area contributed by atoms with Gasteiger partial charge in [-0.15, -0.1) is 0 Å². The van der Waals surface area contributed by atoms with E-state index in [1.165, 1.54) is 13.1 Å². The third-order valence-corrected chi connectivity index (χ3v) is 2.61. The number of H-pyrrole nitrogens is 1. The van der Waals surface area contributed by atoms with E-state index in [0.29, 0.717) is 11.4 Å². The van der Waals surface area contributed by atoms with E-state index in [0.717, 1.165) is 11.8 Å². The molecule has 1 amide bonds.